The number of aryl methyl sites for hydroxylation is 1. The molecule has 0 radical (unpaired) electrons. The number of carboxylic acid groups (broad SMARTS) is 2. The van der Waals surface area contributed by atoms with E-state index in [1.165, 1.54) is 10.5 Å². The first-order chi connectivity index (χ1) is 10.3. The molecule has 22 heavy (non-hydrogen) atoms. The van der Waals surface area contributed by atoms with Crippen LogP contribution in [0.15, 0.2) is 29.2 Å². The molecule has 0 spiro atoms. The number of benzene rings is 1. The topological polar surface area (TPSA) is 107 Å². The number of carbonyl (C=O) groups is 2. The van der Waals surface area contributed by atoms with Crippen molar-refractivity contribution < 1.29 is 24.9 Å². The lowest BCUT2D eigenvalue weighted by atomic mass is 10.2. The largest absolute Gasteiger partial charge is 0.473 e. The van der Waals surface area contributed by atoms with Crippen LogP contribution in [0.25, 0.3) is 0 Å². The normalized spacial score (nSPS) is 11.2. The van der Waals surface area contributed by atoms with Gasteiger partial charge in [0.1, 0.15) is 0 Å². The van der Waals surface area contributed by atoms with Gasteiger partial charge in [0.25, 0.3) is 0 Å². The zero-order chi connectivity index (χ0) is 17.0. The van der Waals surface area contributed by atoms with E-state index in [9.17, 15) is 0 Å². The molecule has 0 aromatic heterocycles. The molecule has 1 aromatic carbocycles. The van der Waals surface area contributed by atoms with E-state index >= 15 is 0 Å². The molecule has 1 unspecified atom stereocenters. The molecule has 1 aromatic rings. The molecule has 124 valence electrons. The zero-order valence-corrected chi connectivity index (χ0v) is 13.6. The van der Waals surface area contributed by atoms with Gasteiger partial charge in [0, 0.05) is 11.4 Å². The molecule has 6 nitrogen and oxygen atoms in total. The van der Waals surface area contributed by atoms with Crippen molar-refractivity contribution in [2.45, 2.75) is 31.3 Å². The molecule has 0 aliphatic rings. The van der Waals surface area contributed by atoms with E-state index in [0.29, 0.717) is 6.54 Å². The standard InChI is InChI=1S/C13H21NOS.C2H2O4/c1-11-4-6-13(7-5-11)16-9-3-8-14-10-12(2)15;3-1(4)2(5)6/h4-7,12,14-15H,3,8-10H2,1-2H3;(H,3,4)(H,5,6). The molecule has 0 saturated carbocycles. The molecule has 1 atom stereocenters. The van der Waals surface area contributed by atoms with Crippen molar-refractivity contribution in [3.63, 3.8) is 0 Å². The second-order valence-electron chi connectivity index (χ2n) is 4.68. The second kappa shape index (κ2) is 12.0. The van der Waals surface area contributed by atoms with Crippen molar-refractivity contribution in [1.29, 1.82) is 0 Å². The zero-order valence-electron chi connectivity index (χ0n) is 12.8. The van der Waals surface area contributed by atoms with Crippen LogP contribution >= 0.6 is 11.8 Å². The van der Waals surface area contributed by atoms with Crippen LogP contribution in [-0.2, 0) is 9.59 Å². The summed E-state index contributed by atoms with van der Waals surface area (Å²) in [6.07, 6.45) is 0.885. The molecule has 7 heteroatoms. The maximum atomic E-state index is 9.10. The molecule has 0 amide bonds. The Morgan fingerprint density at radius 3 is 2.18 bits per heavy atom. The summed E-state index contributed by atoms with van der Waals surface area (Å²) < 4.78 is 0. The van der Waals surface area contributed by atoms with Gasteiger partial charge in [-0.15, -0.1) is 11.8 Å². The fourth-order valence-electron chi connectivity index (χ4n) is 1.33. The molecule has 0 aliphatic carbocycles. The first-order valence-corrected chi connectivity index (χ1v) is 7.86. The van der Waals surface area contributed by atoms with Crippen LogP contribution in [0.5, 0.6) is 0 Å². The van der Waals surface area contributed by atoms with Crippen molar-refractivity contribution in [1.82, 2.24) is 5.32 Å². The molecule has 0 saturated heterocycles. The Morgan fingerprint density at radius 2 is 1.73 bits per heavy atom. The average Bonchev–Trinajstić information content (AvgIpc) is 2.45. The highest BCUT2D eigenvalue weighted by atomic mass is 32.2. The van der Waals surface area contributed by atoms with Gasteiger partial charge in [0.2, 0.25) is 0 Å². The Labute approximate surface area is 134 Å². The maximum Gasteiger partial charge on any atom is 0.414 e. The summed E-state index contributed by atoms with van der Waals surface area (Å²) in [5.74, 6) is -2.53. The van der Waals surface area contributed by atoms with Gasteiger partial charge in [0.05, 0.1) is 6.10 Å². The third-order valence-corrected chi connectivity index (χ3v) is 3.51. The average molecular weight is 329 g/mol. The summed E-state index contributed by atoms with van der Waals surface area (Å²) in [4.78, 5) is 19.5. The van der Waals surface area contributed by atoms with Gasteiger partial charge in [-0.2, -0.15) is 0 Å². The van der Waals surface area contributed by atoms with Crippen LogP contribution in [0.4, 0.5) is 0 Å². The van der Waals surface area contributed by atoms with Gasteiger partial charge in [0.15, 0.2) is 0 Å². The van der Waals surface area contributed by atoms with Crippen LogP contribution in [0.3, 0.4) is 0 Å². The van der Waals surface area contributed by atoms with Gasteiger partial charge in [-0.1, -0.05) is 17.7 Å². The summed E-state index contributed by atoms with van der Waals surface area (Å²) in [5, 5.41) is 27.0. The number of aliphatic hydroxyl groups excluding tert-OH is 1. The summed E-state index contributed by atoms with van der Waals surface area (Å²) in [5.41, 5.74) is 1.31. The van der Waals surface area contributed by atoms with Crippen molar-refractivity contribution in [2.24, 2.45) is 0 Å². The van der Waals surface area contributed by atoms with E-state index < -0.39 is 11.9 Å². The minimum atomic E-state index is -1.82. The number of hydrogen-bond acceptors (Lipinski definition) is 5. The minimum absolute atomic E-state index is 0.246. The van der Waals surface area contributed by atoms with Crippen molar-refractivity contribution >= 4 is 23.7 Å². The highest BCUT2D eigenvalue weighted by Gasteiger charge is 2.04. The van der Waals surface area contributed by atoms with E-state index in [-0.39, 0.29) is 6.10 Å². The van der Waals surface area contributed by atoms with Crippen LogP contribution in [0.1, 0.15) is 18.9 Å². The summed E-state index contributed by atoms with van der Waals surface area (Å²) >= 11 is 1.89. The van der Waals surface area contributed by atoms with Crippen LogP contribution in [-0.4, -0.2) is 52.2 Å². The third-order valence-electron chi connectivity index (χ3n) is 2.41. The smallest absolute Gasteiger partial charge is 0.414 e. The number of rotatable bonds is 7. The predicted molar refractivity (Wildman–Crippen MR) is 86.3 cm³/mol. The Kier molecular flexibility index (Phi) is 11.2. The molecule has 4 N–H and O–H groups in total. The molecule has 0 bridgehead atoms. The SMILES string of the molecule is Cc1ccc(SCCCNCC(C)O)cc1.O=C(O)C(=O)O. The van der Waals surface area contributed by atoms with E-state index in [1.54, 1.807) is 6.92 Å². The van der Waals surface area contributed by atoms with Gasteiger partial charge in [-0.05, 0) is 44.7 Å². The lowest BCUT2D eigenvalue weighted by Crippen LogP contribution is -2.25. The number of hydrogen-bond donors (Lipinski definition) is 4. The van der Waals surface area contributed by atoms with E-state index in [2.05, 4.69) is 36.5 Å². The van der Waals surface area contributed by atoms with E-state index in [4.69, 9.17) is 24.9 Å². The first-order valence-electron chi connectivity index (χ1n) is 6.87. The van der Waals surface area contributed by atoms with Crippen molar-refractivity contribution in [3.8, 4) is 0 Å². The lowest BCUT2D eigenvalue weighted by molar-refractivity contribution is -0.159. The molecule has 0 aliphatic heterocycles. The summed E-state index contributed by atoms with van der Waals surface area (Å²) in [7, 11) is 0. The summed E-state index contributed by atoms with van der Waals surface area (Å²) in [6.45, 7) is 5.57. The Balaban J connectivity index is 0.000000626. The van der Waals surface area contributed by atoms with Gasteiger partial charge in [-0.3, -0.25) is 0 Å². The Hall–Kier alpha value is -1.57. The second-order valence-corrected chi connectivity index (χ2v) is 5.85. The minimum Gasteiger partial charge on any atom is -0.473 e. The molecular formula is C15H23NO5S. The van der Waals surface area contributed by atoms with Crippen LogP contribution in [0.2, 0.25) is 0 Å². The van der Waals surface area contributed by atoms with Gasteiger partial charge < -0.3 is 20.6 Å². The maximum absolute atomic E-state index is 9.10. The molecule has 0 heterocycles. The highest BCUT2D eigenvalue weighted by Crippen LogP contribution is 2.18. The van der Waals surface area contributed by atoms with Crippen molar-refractivity contribution in [2.75, 3.05) is 18.8 Å². The van der Waals surface area contributed by atoms with Gasteiger partial charge in [-0.25, -0.2) is 9.59 Å². The van der Waals surface area contributed by atoms with Crippen LogP contribution in [0, 0.1) is 6.92 Å². The molecular weight excluding hydrogens is 306 g/mol. The monoisotopic (exact) mass is 329 g/mol. The third kappa shape index (κ3) is 12.2. The fourth-order valence-corrected chi connectivity index (χ4v) is 2.19. The van der Waals surface area contributed by atoms with E-state index in [1.807, 2.05) is 11.8 Å². The fraction of sp³-hybridized carbons (Fsp3) is 0.467. The number of nitrogens with one attached hydrogen (secondary N) is 1. The lowest BCUT2D eigenvalue weighted by Gasteiger charge is -2.06. The quantitative estimate of drug-likeness (QED) is 0.342. The highest BCUT2D eigenvalue weighted by molar-refractivity contribution is 7.99. The number of aliphatic carboxylic acids is 2. The first kappa shape index (κ1) is 20.4. The Bertz CT molecular complexity index is 436. The van der Waals surface area contributed by atoms with Crippen molar-refractivity contribution in [3.05, 3.63) is 29.8 Å². The summed E-state index contributed by atoms with van der Waals surface area (Å²) in [6, 6.07) is 8.63. The van der Waals surface area contributed by atoms with Crippen LogP contribution < -0.4 is 5.32 Å². The van der Waals surface area contributed by atoms with E-state index in [0.717, 1.165) is 18.7 Å². The number of carboxylic acids is 2. The Morgan fingerprint density at radius 1 is 1.18 bits per heavy atom. The van der Waals surface area contributed by atoms with Gasteiger partial charge >= 0.3 is 11.9 Å². The molecule has 0 fully saturated rings. The predicted octanol–water partition coefficient (Wildman–Crippen LogP) is 1.60. The molecule has 1 rings (SSSR count). The number of aliphatic hydroxyl groups is 1. The number of thioether (sulfide) groups is 1.